The third kappa shape index (κ3) is 4.92. The van der Waals surface area contributed by atoms with Crippen molar-refractivity contribution in [2.75, 3.05) is 11.9 Å². The van der Waals surface area contributed by atoms with Crippen LogP contribution < -0.4 is 5.32 Å². The van der Waals surface area contributed by atoms with E-state index >= 15 is 0 Å². The summed E-state index contributed by atoms with van der Waals surface area (Å²) in [5.41, 5.74) is 0.285. The van der Waals surface area contributed by atoms with Crippen molar-refractivity contribution >= 4 is 68.9 Å². The van der Waals surface area contributed by atoms with Crippen molar-refractivity contribution in [1.29, 1.82) is 0 Å². The molecule has 0 aromatic heterocycles. The van der Waals surface area contributed by atoms with Gasteiger partial charge in [0.2, 0.25) is 5.91 Å². The third-order valence-corrected chi connectivity index (χ3v) is 5.42. The molecule has 11 heteroatoms. The summed E-state index contributed by atoms with van der Waals surface area (Å²) in [7, 11) is 0. The van der Waals surface area contributed by atoms with E-state index in [0.29, 0.717) is 17.4 Å². The number of phenols is 1. The molecule has 148 valence electrons. The Morgan fingerprint density at radius 1 is 1.24 bits per heavy atom. The maximum Gasteiger partial charge on any atom is 0.311 e. The van der Waals surface area contributed by atoms with Gasteiger partial charge in [-0.05, 0) is 76.3 Å². The summed E-state index contributed by atoms with van der Waals surface area (Å²) in [6.07, 6.45) is 1.30. The Balaban J connectivity index is 1.73. The zero-order valence-corrected chi connectivity index (χ0v) is 17.5. The first-order valence-electron chi connectivity index (χ1n) is 8.03. The predicted molar refractivity (Wildman–Crippen MR) is 115 cm³/mol. The number of rotatable bonds is 5. The number of anilines is 1. The highest BCUT2D eigenvalue weighted by Crippen LogP contribution is 2.34. The first-order chi connectivity index (χ1) is 13.7. The molecule has 3 rings (SSSR count). The van der Waals surface area contributed by atoms with Crippen LogP contribution in [0.5, 0.6) is 5.75 Å². The fourth-order valence-electron chi connectivity index (χ4n) is 2.44. The summed E-state index contributed by atoms with van der Waals surface area (Å²) in [6.45, 7) is -0.455. The highest BCUT2D eigenvalue weighted by molar-refractivity contribution is 14.1. The summed E-state index contributed by atoms with van der Waals surface area (Å²) in [6, 6.07) is 10.6. The van der Waals surface area contributed by atoms with Crippen LogP contribution in [0.3, 0.4) is 0 Å². The molecule has 1 aliphatic heterocycles. The number of nitro benzene ring substituents is 1. The smallest absolute Gasteiger partial charge is 0.311 e. The average Bonchev–Trinajstić information content (AvgIpc) is 2.92. The zero-order valence-electron chi connectivity index (χ0n) is 14.5. The Morgan fingerprint density at radius 3 is 2.59 bits per heavy atom. The molecule has 2 N–H and O–H groups in total. The Kier molecular flexibility index (Phi) is 6.17. The number of imide groups is 1. The number of thioether (sulfide) groups is 1. The van der Waals surface area contributed by atoms with Gasteiger partial charge in [0.25, 0.3) is 11.1 Å². The van der Waals surface area contributed by atoms with Gasteiger partial charge in [-0.1, -0.05) is 6.07 Å². The molecule has 0 unspecified atom stereocenters. The van der Waals surface area contributed by atoms with Crippen molar-refractivity contribution in [3.05, 3.63) is 66.6 Å². The molecule has 1 heterocycles. The lowest BCUT2D eigenvalue weighted by molar-refractivity contribution is -0.385. The van der Waals surface area contributed by atoms with Crippen LogP contribution in [0.4, 0.5) is 16.2 Å². The van der Waals surface area contributed by atoms with Crippen molar-refractivity contribution in [2.45, 2.75) is 0 Å². The van der Waals surface area contributed by atoms with Gasteiger partial charge in [0.1, 0.15) is 6.54 Å². The highest BCUT2D eigenvalue weighted by Gasteiger charge is 2.36. The molecule has 1 fully saturated rings. The van der Waals surface area contributed by atoms with E-state index in [1.54, 1.807) is 24.3 Å². The van der Waals surface area contributed by atoms with Gasteiger partial charge < -0.3 is 10.4 Å². The van der Waals surface area contributed by atoms with Gasteiger partial charge in [0.05, 0.1) is 9.83 Å². The van der Waals surface area contributed by atoms with Gasteiger partial charge in [-0.2, -0.15) is 0 Å². The minimum atomic E-state index is -0.757. The lowest BCUT2D eigenvalue weighted by Gasteiger charge is -2.12. The summed E-state index contributed by atoms with van der Waals surface area (Å²) in [5.74, 6) is -1.71. The molecule has 1 aliphatic rings. The molecule has 0 radical (unpaired) electrons. The molecular weight excluding hydrogens is 513 g/mol. The van der Waals surface area contributed by atoms with Gasteiger partial charge >= 0.3 is 5.69 Å². The number of aromatic hydroxyl groups is 1. The molecule has 0 aliphatic carbocycles. The Morgan fingerprint density at radius 2 is 1.93 bits per heavy atom. The largest absolute Gasteiger partial charge is 0.502 e. The van der Waals surface area contributed by atoms with Gasteiger partial charge in [-0.3, -0.25) is 29.4 Å². The van der Waals surface area contributed by atoms with Gasteiger partial charge in [0, 0.05) is 15.3 Å². The molecule has 0 atom stereocenters. The second-order valence-corrected chi connectivity index (χ2v) is 8.07. The van der Waals surface area contributed by atoms with Crippen LogP contribution in [0.15, 0.2) is 47.4 Å². The molecule has 0 saturated carbocycles. The van der Waals surface area contributed by atoms with E-state index in [4.69, 9.17) is 0 Å². The van der Waals surface area contributed by atoms with Gasteiger partial charge in [-0.15, -0.1) is 0 Å². The first-order valence-corrected chi connectivity index (χ1v) is 9.92. The van der Waals surface area contributed by atoms with Crippen LogP contribution in [0.25, 0.3) is 6.08 Å². The van der Waals surface area contributed by atoms with Crippen molar-refractivity contribution in [2.24, 2.45) is 0 Å². The number of halogens is 1. The average molecular weight is 525 g/mol. The van der Waals surface area contributed by atoms with E-state index < -0.39 is 40.0 Å². The van der Waals surface area contributed by atoms with Crippen molar-refractivity contribution < 1.29 is 24.4 Å². The summed E-state index contributed by atoms with van der Waals surface area (Å²) in [5, 5.41) is 22.4. The molecule has 2 aromatic rings. The maximum atomic E-state index is 12.5. The van der Waals surface area contributed by atoms with E-state index in [9.17, 15) is 29.6 Å². The molecule has 9 nitrogen and oxygen atoms in total. The van der Waals surface area contributed by atoms with Crippen molar-refractivity contribution in [3.63, 3.8) is 0 Å². The first kappa shape index (κ1) is 20.8. The second-order valence-electron chi connectivity index (χ2n) is 5.83. The molecule has 0 spiro atoms. The lowest BCUT2D eigenvalue weighted by Crippen LogP contribution is -2.36. The predicted octanol–water partition coefficient (Wildman–Crippen LogP) is 3.58. The SMILES string of the molecule is O=C(CN1C(=O)S/C(=C/c2ccc(O)c([N+](=O)[O-])c2)C1=O)Nc1ccc(I)cc1. The van der Waals surface area contributed by atoms with Crippen molar-refractivity contribution in [3.8, 4) is 5.75 Å². The monoisotopic (exact) mass is 525 g/mol. The quantitative estimate of drug-likeness (QED) is 0.264. The van der Waals surface area contributed by atoms with Gasteiger partial charge in [-0.25, -0.2) is 0 Å². The molecule has 3 amide bonds. The number of carbonyl (C=O) groups is 3. The van der Waals surface area contributed by atoms with E-state index in [1.807, 2.05) is 0 Å². The minimum absolute atomic E-state index is 0.0250. The molecular formula is C18H12IN3O6S. The number of nitrogens with zero attached hydrogens (tertiary/aromatic N) is 2. The number of nitro groups is 1. The van der Waals surface area contributed by atoms with Crippen LogP contribution in [-0.4, -0.2) is 38.5 Å². The standard InChI is InChI=1S/C18H12IN3O6S/c19-11-2-4-12(5-3-11)20-16(24)9-21-17(25)15(29-18(21)26)8-10-1-6-14(23)13(7-10)22(27)28/h1-8,23H,9H2,(H,20,24)/b15-8+. The maximum absolute atomic E-state index is 12.5. The summed E-state index contributed by atoms with van der Waals surface area (Å²) < 4.78 is 0.992. The van der Waals surface area contributed by atoms with Crippen molar-refractivity contribution in [1.82, 2.24) is 4.90 Å². The van der Waals surface area contributed by atoms with Crippen LogP contribution >= 0.6 is 34.4 Å². The van der Waals surface area contributed by atoms with E-state index in [1.165, 1.54) is 12.1 Å². The highest BCUT2D eigenvalue weighted by atomic mass is 127. The Labute approximate surface area is 182 Å². The number of phenolic OH excluding ortho intramolecular Hbond substituents is 1. The normalized spacial score (nSPS) is 15.1. The number of carbonyl (C=O) groups excluding carboxylic acids is 3. The number of hydrogen-bond donors (Lipinski definition) is 2. The summed E-state index contributed by atoms with van der Waals surface area (Å²) in [4.78, 5) is 47.8. The molecule has 0 bridgehead atoms. The van der Waals surface area contributed by atoms with E-state index in [2.05, 4.69) is 27.9 Å². The topological polar surface area (TPSA) is 130 Å². The number of nitrogens with one attached hydrogen (secondary N) is 1. The number of amides is 3. The molecule has 29 heavy (non-hydrogen) atoms. The minimum Gasteiger partial charge on any atom is -0.502 e. The fraction of sp³-hybridized carbons (Fsp3) is 0.0556. The van der Waals surface area contributed by atoms with E-state index in [-0.39, 0.29) is 10.5 Å². The Bertz CT molecular complexity index is 1050. The Hall–Kier alpha value is -2.93. The summed E-state index contributed by atoms with van der Waals surface area (Å²) >= 11 is 2.75. The molecule has 2 aromatic carbocycles. The second kappa shape index (κ2) is 8.61. The molecule has 1 saturated heterocycles. The lowest BCUT2D eigenvalue weighted by atomic mass is 10.1. The van der Waals surface area contributed by atoms with Crippen LogP contribution in [0.2, 0.25) is 0 Å². The number of benzene rings is 2. The van der Waals surface area contributed by atoms with Gasteiger partial charge in [0.15, 0.2) is 5.75 Å². The van der Waals surface area contributed by atoms with Crippen LogP contribution in [0, 0.1) is 13.7 Å². The zero-order chi connectivity index (χ0) is 21.1. The van der Waals surface area contributed by atoms with E-state index in [0.717, 1.165) is 20.6 Å². The van der Waals surface area contributed by atoms with Crippen LogP contribution in [-0.2, 0) is 9.59 Å². The fourth-order valence-corrected chi connectivity index (χ4v) is 3.64. The number of hydrogen-bond acceptors (Lipinski definition) is 7. The third-order valence-electron chi connectivity index (χ3n) is 3.80. The van der Waals surface area contributed by atoms with Crippen LogP contribution in [0.1, 0.15) is 5.56 Å².